The minimum absolute atomic E-state index is 0.121. The average molecular weight is 350 g/mol. The largest absolute Gasteiger partial charge is 0.345 e. The molecule has 1 aromatic carbocycles. The highest BCUT2D eigenvalue weighted by Gasteiger charge is 2.16. The van der Waals surface area contributed by atoms with E-state index in [1.54, 1.807) is 35.1 Å². The highest BCUT2D eigenvalue weighted by molar-refractivity contribution is 7.92. The molecular weight excluding hydrogens is 328 g/mol. The third-order valence-electron chi connectivity index (χ3n) is 3.83. The SMILES string of the molecule is CCC(NC(=O)c1ccc(N(C)S(C)(=O)=O)cc1)c1cnn(C)c1. The number of nitrogens with zero attached hydrogens (tertiary/aromatic N) is 3. The molecule has 0 aliphatic carbocycles. The number of carbonyl (C=O) groups excluding carboxylic acids is 1. The predicted octanol–water partition coefficient (Wildman–Crippen LogP) is 1.70. The topological polar surface area (TPSA) is 84.3 Å². The molecule has 0 spiro atoms. The number of amides is 1. The lowest BCUT2D eigenvalue weighted by Crippen LogP contribution is -2.28. The van der Waals surface area contributed by atoms with E-state index in [2.05, 4.69) is 10.4 Å². The second-order valence-corrected chi connectivity index (χ2v) is 7.67. The molecule has 130 valence electrons. The van der Waals surface area contributed by atoms with E-state index in [-0.39, 0.29) is 11.9 Å². The van der Waals surface area contributed by atoms with Crippen LogP contribution in [0.2, 0.25) is 0 Å². The van der Waals surface area contributed by atoms with Crippen LogP contribution in [-0.2, 0) is 17.1 Å². The summed E-state index contributed by atoms with van der Waals surface area (Å²) in [7, 11) is -0.0216. The number of carbonyl (C=O) groups is 1. The highest BCUT2D eigenvalue weighted by Crippen LogP contribution is 2.19. The van der Waals surface area contributed by atoms with Crippen LogP contribution in [0.15, 0.2) is 36.7 Å². The predicted molar refractivity (Wildman–Crippen MR) is 93.4 cm³/mol. The number of benzene rings is 1. The summed E-state index contributed by atoms with van der Waals surface area (Å²) in [6.45, 7) is 1.99. The molecule has 0 aliphatic rings. The van der Waals surface area contributed by atoms with Crippen LogP contribution in [0.25, 0.3) is 0 Å². The van der Waals surface area contributed by atoms with E-state index in [1.165, 1.54) is 11.4 Å². The van der Waals surface area contributed by atoms with Gasteiger partial charge in [-0.05, 0) is 30.7 Å². The van der Waals surface area contributed by atoms with Crippen LogP contribution in [-0.4, -0.2) is 37.4 Å². The van der Waals surface area contributed by atoms with E-state index in [4.69, 9.17) is 0 Å². The zero-order valence-corrected chi connectivity index (χ0v) is 15.0. The number of aromatic nitrogens is 2. The summed E-state index contributed by atoms with van der Waals surface area (Å²) in [6, 6.07) is 6.33. The summed E-state index contributed by atoms with van der Waals surface area (Å²) < 4.78 is 25.9. The van der Waals surface area contributed by atoms with Gasteiger partial charge in [-0.1, -0.05) is 6.92 Å². The smallest absolute Gasteiger partial charge is 0.251 e. The van der Waals surface area contributed by atoms with Gasteiger partial charge in [-0.25, -0.2) is 8.42 Å². The summed E-state index contributed by atoms with van der Waals surface area (Å²) in [5, 5.41) is 7.09. The Morgan fingerprint density at radius 2 is 1.96 bits per heavy atom. The molecule has 24 heavy (non-hydrogen) atoms. The van der Waals surface area contributed by atoms with E-state index in [1.807, 2.05) is 20.2 Å². The molecule has 0 fully saturated rings. The molecule has 0 aliphatic heterocycles. The van der Waals surface area contributed by atoms with Crippen molar-refractivity contribution >= 4 is 21.6 Å². The van der Waals surface area contributed by atoms with Gasteiger partial charge in [0.15, 0.2) is 0 Å². The van der Waals surface area contributed by atoms with Crippen molar-refractivity contribution in [2.75, 3.05) is 17.6 Å². The van der Waals surface area contributed by atoms with E-state index in [0.29, 0.717) is 11.3 Å². The molecular formula is C16H22N4O3S. The van der Waals surface area contributed by atoms with Crippen molar-refractivity contribution in [3.63, 3.8) is 0 Å². The number of hydrogen-bond acceptors (Lipinski definition) is 4. The summed E-state index contributed by atoms with van der Waals surface area (Å²) in [4.78, 5) is 12.4. The lowest BCUT2D eigenvalue weighted by atomic mass is 10.1. The summed E-state index contributed by atoms with van der Waals surface area (Å²) in [5.74, 6) is -0.209. The highest BCUT2D eigenvalue weighted by atomic mass is 32.2. The van der Waals surface area contributed by atoms with E-state index < -0.39 is 10.0 Å². The Balaban J connectivity index is 2.12. The van der Waals surface area contributed by atoms with Crippen molar-refractivity contribution in [3.8, 4) is 0 Å². The van der Waals surface area contributed by atoms with Crippen molar-refractivity contribution in [2.24, 2.45) is 7.05 Å². The molecule has 8 heteroatoms. The molecule has 0 saturated heterocycles. The zero-order valence-electron chi connectivity index (χ0n) is 14.2. The number of aryl methyl sites for hydroxylation is 1. The Morgan fingerprint density at radius 3 is 2.42 bits per heavy atom. The number of hydrogen-bond donors (Lipinski definition) is 1. The van der Waals surface area contributed by atoms with Crippen molar-refractivity contribution < 1.29 is 13.2 Å². The van der Waals surface area contributed by atoms with Crippen molar-refractivity contribution in [1.29, 1.82) is 0 Å². The van der Waals surface area contributed by atoms with Gasteiger partial charge in [0.05, 0.1) is 24.2 Å². The lowest BCUT2D eigenvalue weighted by molar-refractivity contribution is 0.0935. The number of sulfonamides is 1. The quantitative estimate of drug-likeness (QED) is 0.859. The first-order chi connectivity index (χ1) is 11.2. The van der Waals surface area contributed by atoms with Gasteiger partial charge in [0.2, 0.25) is 10.0 Å². The van der Waals surface area contributed by atoms with Gasteiger partial charge in [0.25, 0.3) is 5.91 Å². The van der Waals surface area contributed by atoms with Crippen LogP contribution in [0.1, 0.15) is 35.3 Å². The second kappa shape index (κ2) is 7.04. The molecule has 2 aromatic rings. The minimum Gasteiger partial charge on any atom is -0.345 e. The minimum atomic E-state index is -3.32. The van der Waals surface area contributed by atoms with Crippen molar-refractivity contribution in [2.45, 2.75) is 19.4 Å². The van der Waals surface area contributed by atoms with Crippen LogP contribution < -0.4 is 9.62 Å². The monoisotopic (exact) mass is 350 g/mol. The van der Waals surface area contributed by atoms with Gasteiger partial charge >= 0.3 is 0 Å². The first-order valence-electron chi connectivity index (χ1n) is 7.55. The summed E-state index contributed by atoms with van der Waals surface area (Å²) in [6.07, 6.45) is 5.48. The van der Waals surface area contributed by atoms with E-state index in [0.717, 1.165) is 18.2 Å². The molecule has 1 unspecified atom stereocenters. The van der Waals surface area contributed by atoms with E-state index >= 15 is 0 Å². The Morgan fingerprint density at radius 1 is 1.33 bits per heavy atom. The molecule has 1 amide bonds. The molecule has 7 nitrogen and oxygen atoms in total. The van der Waals surface area contributed by atoms with E-state index in [9.17, 15) is 13.2 Å². The number of rotatable bonds is 6. The molecule has 1 atom stereocenters. The zero-order chi connectivity index (χ0) is 17.9. The summed E-state index contributed by atoms with van der Waals surface area (Å²) >= 11 is 0. The molecule has 0 bridgehead atoms. The number of anilines is 1. The van der Waals surface area contributed by atoms with Crippen LogP contribution in [0.5, 0.6) is 0 Å². The van der Waals surface area contributed by atoms with Crippen LogP contribution in [0.3, 0.4) is 0 Å². The van der Waals surface area contributed by atoms with Gasteiger partial charge < -0.3 is 5.32 Å². The maximum absolute atomic E-state index is 12.4. The van der Waals surface area contributed by atoms with Gasteiger partial charge in [0.1, 0.15) is 0 Å². The fraction of sp³-hybridized carbons (Fsp3) is 0.375. The van der Waals surface area contributed by atoms with Gasteiger partial charge in [-0.2, -0.15) is 5.10 Å². The molecule has 1 aromatic heterocycles. The van der Waals surface area contributed by atoms with Gasteiger partial charge in [-0.3, -0.25) is 13.8 Å². The molecule has 1 heterocycles. The van der Waals surface area contributed by atoms with Crippen LogP contribution in [0, 0.1) is 0 Å². The summed E-state index contributed by atoms with van der Waals surface area (Å²) in [5.41, 5.74) is 1.93. The van der Waals surface area contributed by atoms with Crippen LogP contribution >= 0.6 is 0 Å². The maximum Gasteiger partial charge on any atom is 0.251 e. The average Bonchev–Trinajstić information content (AvgIpc) is 2.97. The fourth-order valence-electron chi connectivity index (χ4n) is 2.30. The lowest BCUT2D eigenvalue weighted by Gasteiger charge is -2.18. The van der Waals surface area contributed by atoms with Gasteiger partial charge in [-0.15, -0.1) is 0 Å². The first kappa shape index (κ1) is 18.0. The third kappa shape index (κ3) is 4.14. The second-order valence-electron chi connectivity index (χ2n) is 5.66. The van der Waals surface area contributed by atoms with Crippen molar-refractivity contribution in [3.05, 3.63) is 47.8 Å². The fourth-order valence-corrected chi connectivity index (χ4v) is 2.80. The Bertz CT molecular complexity index is 812. The maximum atomic E-state index is 12.4. The van der Waals surface area contributed by atoms with Crippen LogP contribution in [0.4, 0.5) is 5.69 Å². The Kier molecular flexibility index (Phi) is 5.28. The Hall–Kier alpha value is -2.35. The van der Waals surface area contributed by atoms with Gasteiger partial charge in [0, 0.05) is 31.4 Å². The normalized spacial score (nSPS) is 12.7. The molecule has 0 radical (unpaired) electrons. The molecule has 0 saturated carbocycles. The molecule has 1 N–H and O–H groups in total. The Labute approximate surface area is 142 Å². The molecule has 2 rings (SSSR count). The van der Waals surface area contributed by atoms with Crippen molar-refractivity contribution in [1.82, 2.24) is 15.1 Å². The first-order valence-corrected chi connectivity index (χ1v) is 9.40. The number of nitrogens with one attached hydrogen (secondary N) is 1. The standard InChI is InChI=1S/C16H22N4O3S/c1-5-15(13-10-17-19(2)11-13)18-16(21)12-6-8-14(9-7-12)20(3)24(4,22)23/h6-11,15H,5H2,1-4H3,(H,18,21). The third-order valence-corrected chi connectivity index (χ3v) is 5.04.